The standard InChI is InChI=1S/C22H16ClN3O2S3/c23-15-4-1-3-14(11-15)21(28)24-16-6-8-17(9-7-16)30-13-20(27)26-22-25-18(12-31-22)19-5-2-10-29-19/h1-12H,13H2,(H,24,28)(H,25,26,27). The Morgan fingerprint density at radius 3 is 2.58 bits per heavy atom. The van der Waals surface area contributed by atoms with Gasteiger partial charge in [0, 0.05) is 26.5 Å². The number of thiophene rings is 1. The summed E-state index contributed by atoms with van der Waals surface area (Å²) in [5.41, 5.74) is 2.04. The van der Waals surface area contributed by atoms with Crippen molar-refractivity contribution in [2.45, 2.75) is 4.90 Å². The first-order chi connectivity index (χ1) is 15.1. The van der Waals surface area contributed by atoms with Gasteiger partial charge in [0.15, 0.2) is 5.13 Å². The minimum absolute atomic E-state index is 0.115. The average Bonchev–Trinajstić information content (AvgIpc) is 3.45. The lowest BCUT2D eigenvalue weighted by atomic mass is 10.2. The fourth-order valence-electron chi connectivity index (χ4n) is 2.64. The van der Waals surface area contributed by atoms with Gasteiger partial charge in [-0.15, -0.1) is 34.4 Å². The maximum Gasteiger partial charge on any atom is 0.255 e. The third-order valence-electron chi connectivity index (χ3n) is 4.09. The van der Waals surface area contributed by atoms with Crippen molar-refractivity contribution in [3.63, 3.8) is 0 Å². The Hall–Kier alpha value is -2.65. The molecule has 5 nitrogen and oxygen atoms in total. The summed E-state index contributed by atoms with van der Waals surface area (Å²) in [6.07, 6.45) is 0. The fourth-order valence-corrected chi connectivity index (χ4v) is 5.02. The maximum absolute atomic E-state index is 12.3. The van der Waals surface area contributed by atoms with Gasteiger partial charge in [-0.3, -0.25) is 9.59 Å². The number of aromatic nitrogens is 1. The Labute approximate surface area is 196 Å². The zero-order valence-electron chi connectivity index (χ0n) is 16.0. The number of nitrogens with zero attached hydrogens (tertiary/aromatic N) is 1. The van der Waals surface area contributed by atoms with Crippen LogP contribution in [0.3, 0.4) is 0 Å². The molecule has 0 fully saturated rings. The van der Waals surface area contributed by atoms with Gasteiger partial charge >= 0.3 is 0 Å². The van der Waals surface area contributed by atoms with E-state index < -0.39 is 0 Å². The predicted molar refractivity (Wildman–Crippen MR) is 131 cm³/mol. The summed E-state index contributed by atoms with van der Waals surface area (Å²) in [7, 11) is 0. The molecule has 2 N–H and O–H groups in total. The number of halogens is 1. The number of hydrogen-bond acceptors (Lipinski definition) is 6. The van der Waals surface area contributed by atoms with E-state index in [4.69, 9.17) is 11.6 Å². The van der Waals surface area contributed by atoms with Gasteiger partial charge in [0.05, 0.1) is 16.3 Å². The normalized spacial score (nSPS) is 10.6. The van der Waals surface area contributed by atoms with E-state index in [9.17, 15) is 9.59 Å². The Bertz CT molecular complexity index is 1190. The molecule has 0 aliphatic rings. The van der Waals surface area contributed by atoms with Crippen LogP contribution in [0.4, 0.5) is 10.8 Å². The van der Waals surface area contributed by atoms with E-state index in [2.05, 4.69) is 15.6 Å². The van der Waals surface area contributed by atoms with Gasteiger partial charge in [0.2, 0.25) is 5.91 Å². The Balaban J connectivity index is 1.27. The molecule has 31 heavy (non-hydrogen) atoms. The van der Waals surface area contributed by atoms with Crippen molar-refractivity contribution in [3.8, 4) is 10.6 Å². The first-order valence-electron chi connectivity index (χ1n) is 9.16. The Morgan fingerprint density at radius 2 is 1.84 bits per heavy atom. The zero-order chi connectivity index (χ0) is 21.6. The van der Waals surface area contributed by atoms with Crippen molar-refractivity contribution in [1.29, 1.82) is 0 Å². The average molecular weight is 486 g/mol. The van der Waals surface area contributed by atoms with Crippen LogP contribution < -0.4 is 10.6 Å². The van der Waals surface area contributed by atoms with Crippen LogP contribution in [0.5, 0.6) is 0 Å². The van der Waals surface area contributed by atoms with Gasteiger partial charge in [0.1, 0.15) is 0 Å². The van der Waals surface area contributed by atoms with E-state index in [-0.39, 0.29) is 17.6 Å². The Kier molecular flexibility index (Phi) is 7.03. The third kappa shape index (κ3) is 5.95. The minimum Gasteiger partial charge on any atom is -0.322 e. The van der Waals surface area contributed by atoms with Crippen LogP contribution in [-0.2, 0) is 4.79 Å². The number of carbonyl (C=O) groups excluding carboxylic acids is 2. The monoisotopic (exact) mass is 485 g/mol. The van der Waals surface area contributed by atoms with Crippen molar-refractivity contribution < 1.29 is 9.59 Å². The maximum atomic E-state index is 12.3. The second-order valence-corrected chi connectivity index (χ2v) is 9.63. The van der Waals surface area contributed by atoms with Crippen LogP contribution in [0.1, 0.15) is 10.4 Å². The van der Waals surface area contributed by atoms with E-state index in [0.29, 0.717) is 21.4 Å². The molecule has 4 rings (SSSR count). The van der Waals surface area contributed by atoms with Gasteiger partial charge in [-0.1, -0.05) is 23.7 Å². The molecule has 0 spiro atoms. The van der Waals surface area contributed by atoms with Crippen molar-refractivity contribution in [2.24, 2.45) is 0 Å². The molecule has 2 amide bonds. The quantitative estimate of drug-likeness (QED) is 0.293. The SMILES string of the molecule is O=C(CSc1ccc(NC(=O)c2cccc(Cl)c2)cc1)Nc1nc(-c2cccs2)cs1. The number of rotatable bonds is 7. The summed E-state index contributed by atoms with van der Waals surface area (Å²) < 4.78 is 0. The number of thioether (sulfide) groups is 1. The van der Waals surface area contributed by atoms with Crippen molar-refractivity contribution >= 4 is 68.7 Å². The van der Waals surface area contributed by atoms with Crippen LogP contribution in [0.2, 0.25) is 5.02 Å². The summed E-state index contributed by atoms with van der Waals surface area (Å²) in [6.45, 7) is 0. The summed E-state index contributed by atoms with van der Waals surface area (Å²) >= 11 is 10.4. The topological polar surface area (TPSA) is 71.1 Å². The lowest BCUT2D eigenvalue weighted by molar-refractivity contribution is -0.113. The molecule has 0 radical (unpaired) electrons. The molecule has 2 heterocycles. The molecule has 0 aliphatic carbocycles. The second-order valence-electron chi connectivity index (χ2n) is 6.34. The highest BCUT2D eigenvalue weighted by molar-refractivity contribution is 8.00. The molecule has 0 atom stereocenters. The molecule has 0 saturated carbocycles. The van der Waals surface area contributed by atoms with Gasteiger partial charge < -0.3 is 10.6 Å². The van der Waals surface area contributed by atoms with Crippen LogP contribution in [0.25, 0.3) is 10.6 Å². The molecule has 0 aliphatic heterocycles. The van der Waals surface area contributed by atoms with Gasteiger partial charge in [-0.05, 0) is 53.9 Å². The molecular formula is C22H16ClN3O2S3. The minimum atomic E-state index is -0.229. The van der Waals surface area contributed by atoms with E-state index in [1.54, 1.807) is 47.7 Å². The number of carbonyl (C=O) groups is 2. The highest BCUT2D eigenvalue weighted by atomic mass is 35.5. The fraction of sp³-hybridized carbons (Fsp3) is 0.0455. The van der Waals surface area contributed by atoms with Gasteiger partial charge in [-0.2, -0.15) is 0 Å². The molecule has 0 unspecified atom stereocenters. The second kappa shape index (κ2) is 10.1. The number of anilines is 2. The molecule has 4 aromatic rings. The lowest BCUT2D eigenvalue weighted by Crippen LogP contribution is -2.13. The van der Waals surface area contributed by atoms with E-state index in [1.165, 1.54) is 23.1 Å². The number of amides is 2. The van der Waals surface area contributed by atoms with Crippen molar-refractivity contribution in [1.82, 2.24) is 4.98 Å². The molecule has 2 aromatic carbocycles. The zero-order valence-corrected chi connectivity index (χ0v) is 19.2. The predicted octanol–water partition coefficient (Wildman–Crippen LogP) is 6.51. The van der Waals surface area contributed by atoms with Crippen molar-refractivity contribution in [3.05, 3.63) is 82.0 Å². The van der Waals surface area contributed by atoms with Crippen LogP contribution in [-0.4, -0.2) is 22.6 Å². The van der Waals surface area contributed by atoms with Gasteiger partial charge in [-0.25, -0.2) is 4.98 Å². The Morgan fingerprint density at radius 1 is 1.00 bits per heavy atom. The van der Waals surface area contributed by atoms with Crippen molar-refractivity contribution in [2.75, 3.05) is 16.4 Å². The highest BCUT2D eigenvalue weighted by Crippen LogP contribution is 2.28. The summed E-state index contributed by atoms with van der Waals surface area (Å²) in [5, 5.41) is 10.7. The summed E-state index contributed by atoms with van der Waals surface area (Å²) in [4.78, 5) is 31.0. The summed E-state index contributed by atoms with van der Waals surface area (Å²) in [5.74, 6) is -0.0784. The van der Waals surface area contributed by atoms with E-state index in [0.717, 1.165) is 15.5 Å². The molecule has 9 heteroatoms. The number of benzene rings is 2. The van der Waals surface area contributed by atoms with Gasteiger partial charge in [0.25, 0.3) is 5.91 Å². The van der Waals surface area contributed by atoms with E-state index in [1.807, 2.05) is 35.0 Å². The smallest absolute Gasteiger partial charge is 0.255 e. The number of hydrogen-bond donors (Lipinski definition) is 2. The first-order valence-corrected chi connectivity index (χ1v) is 12.3. The number of thiazole rings is 1. The van der Waals surface area contributed by atoms with Crippen LogP contribution in [0.15, 0.2) is 76.3 Å². The molecule has 2 aromatic heterocycles. The first kappa shape index (κ1) is 21.6. The highest BCUT2D eigenvalue weighted by Gasteiger charge is 2.10. The molecule has 156 valence electrons. The van der Waals surface area contributed by atoms with Crippen LogP contribution >= 0.6 is 46.0 Å². The van der Waals surface area contributed by atoms with E-state index >= 15 is 0 Å². The van der Waals surface area contributed by atoms with Crippen LogP contribution in [0, 0.1) is 0 Å². The number of nitrogens with one attached hydrogen (secondary N) is 2. The molecule has 0 saturated heterocycles. The molecular weight excluding hydrogens is 470 g/mol. The summed E-state index contributed by atoms with van der Waals surface area (Å²) in [6, 6.07) is 18.1. The molecule has 0 bridgehead atoms. The third-order valence-corrected chi connectivity index (χ3v) is 6.99. The largest absolute Gasteiger partial charge is 0.322 e. The lowest BCUT2D eigenvalue weighted by Gasteiger charge is -2.07.